The fourth-order valence-corrected chi connectivity index (χ4v) is 3.17. The fourth-order valence-electron chi connectivity index (χ4n) is 3.17. The van der Waals surface area contributed by atoms with Gasteiger partial charge in [-0.3, -0.25) is 14.5 Å². The molecule has 0 spiro atoms. The number of benzene rings is 1. The first-order valence-electron chi connectivity index (χ1n) is 9.35. The van der Waals surface area contributed by atoms with Crippen LogP contribution in [-0.2, 0) is 16.0 Å². The van der Waals surface area contributed by atoms with Crippen LogP contribution in [0.15, 0.2) is 12.1 Å². The van der Waals surface area contributed by atoms with Gasteiger partial charge in [-0.2, -0.15) is 0 Å². The highest BCUT2D eigenvalue weighted by Crippen LogP contribution is 2.34. The molecule has 2 amide bonds. The number of phenols is 1. The van der Waals surface area contributed by atoms with Crippen LogP contribution < -0.4 is 10.5 Å². The molecule has 0 radical (unpaired) electrons. The number of hydrogen-bond acceptors (Lipinski definition) is 8. The average molecular weight is 423 g/mol. The van der Waals surface area contributed by atoms with Gasteiger partial charge in [0.25, 0.3) is 0 Å². The molecule has 6 N–H and O–H groups in total. The second kappa shape index (κ2) is 9.78. The number of nitrogens with two attached hydrogens (primary N) is 1. The summed E-state index contributed by atoms with van der Waals surface area (Å²) in [5.74, 6) is -2.81. The van der Waals surface area contributed by atoms with Gasteiger partial charge in [0.05, 0.1) is 25.6 Å². The summed E-state index contributed by atoms with van der Waals surface area (Å²) in [5, 5.41) is 37.7. The number of ether oxygens (including phenoxy) is 1. The third kappa shape index (κ3) is 5.62. The zero-order valence-electron chi connectivity index (χ0n) is 16.8. The van der Waals surface area contributed by atoms with Crippen molar-refractivity contribution in [2.24, 2.45) is 5.73 Å². The van der Waals surface area contributed by atoms with E-state index in [2.05, 4.69) is 0 Å². The van der Waals surface area contributed by atoms with E-state index in [0.717, 1.165) is 0 Å². The number of carboxylic acids is 1. The highest BCUT2D eigenvalue weighted by molar-refractivity contribution is 6.41. The van der Waals surface area contributed by atoms with Crippen LogP contribution in [-0.4, -0.2) is 94.3 Å². The molecule has 0 aliphatic carbocycles. The van der Waals surface area contributed by atoms with Crippen molar-refractivity contribution < 1.29 is 39.4 Å². The molecule has 1 aliphatic rings. The van der Waals surface area contributed by atoms with E-state index in [1.807, 2.05) is 0 Å². The van der Waals surface area contributed by atoms with Crippen molar-refractivity contribution in [1.82, 2.24) is 9.80 Å². The minimum Gasteiger partial charge on any atom is -0.507 e. The minimum atomic E-state index is -1.58. The Morgan fingerprint density at radius 1 is 1.30 bits per heavy atom. The molecule has 1 aromatic carbocycles. The normalized spacial score (nSPS) is 14.9. The quantitative estimate of drug-likeness (QED) is 0.281. The van der Waals surface area contributed by atoms with Crippen LogP contribution in [0.3, 0.4) is 0 Å². The number of aromatic hydroxyl groups is 1. The molecule has 2 rings (SSSR count). The first kappa shape index (κ1) is 23.5. The monoisotopic (exact) mass is 423 g/mol. The van der Waals surface area contributed by atoms with Crippen molar-refractivity contribution in [3.8, 4) is 11.5 Å². The van der Waals surface area contributed by atoms with Crippen LogP contribution in [0.25, 0.3) is 0 Å². The maximum Gasteiger partial charge on any atom is 0.451 e. The van der Waals surface area contributed by atoms with Crippen molar-refractivity contribution in [3.05, 3.63) is 23.3 Å². The molecule has 0 saturated carbocycles. The summed E-state index contributed by atoms with van der Waals surface area (Å²) in [5.41, 5.74) is 5.02. The highest BCUT2D eigenvalue weighted by Gasteiger charge is 2.38. The van der Waals surface area contributed by atoms with E-state index in [4.69, 9.17) is 20.5 Å². The van der Waals surface area contributed by atoms with Crippen LogP contribution in [0.1, 0.15) is 22.3 Å². The van der Waals surface area contributed by atoms with E-state index in [1.54, 1.807) is 19.0 Å². The zero-order chi connectivity index (χ0) is 22.6. The fraction of sp³-hybridized carbons (Fsp3) is 0.500. The van der Waals surface area contributed by atoms with Gasteiger partial charge in [-0.1, -0.05) is 6.07 Å². The van der Waals surface area contributed by atoms with Crippen molar-refractivity contribution in [2.75, 3.05) is 27.2 Å². The highest BCUT2D eigenvalue weighted by atomic mass is 16.5. The minimum absolute atomic E-state index is 0.0494. The molecule has 1 aliphatic heterocycles. The van der Waals surface area contributed by atoms with Crippen LogP contribution in [0.2, 0.25) is 6.32 Å². The summed E-state index contributed by atoms with van der Waals surface area (Å²) in [6.45, 7) is 0.389. The Kier molecular flexibility index (Phi) is 7.65. The van der Waals surface area contributed by atoms with Gasteiger partial charge in [-0.25, -0.2) is 4.79 Å². The number of carbonyl (C=O) groups excluding carboxylic acids is 2. The summed E-state index contributed by atoms with van der Waals surface area (Å²) >= 11 is 0. The van der Waals surface area contributed by atoms with Crippen LogP contribution in [0.5, 0.6) is 11.5 Å². The molecular weight excluding hydrogens is 397 g/mol. The molecule has 1 atom stereocenters. The Balaban J connectivity index is 2.06. The Morgan fingerprint density at radius 2 is 1.93 bits per heavy atom. The molecule has 1 aromatic rings. The SMILES string of the molecule is CN(C)[C@H](CC(N)=O)C(=O)N1CC(Oc2ccc(CCB(O)O)c(O)c2C(=O)O)C1. The van der Waals surface area contributed by atoms with Gasteiger partial charge in [0.2, 0.25) is 11.8 Å². The lowest BCUT2D eigenvalue weighted by molar-refractivity contribution is -0.146. The number of amides is 2. The number of carbonyl (C=O) groups is 3. The van der Waals surface area contributed by atoms with E-state index in [-0.39, 0.29) is 49.5 Å². The van der Waals surface area contributed by atoms with Gasteiger partial charge in [0.1, 0.15) is 23.2 Å². The topological polar surface area (TPSA) is 174 Å². The predicted octanol–water partition coefficient (Wildman–Crippen LogP) is -1.50. The Labute approximate surface area is 173 Å². The smallest absolute Gasteiger partial charge is 0.451 e. The van der Waals surface area contributed by atoms with Crippen LogP contribution >= 0.6 is 0 Å². The lowest BCUT2D eigenvalue weighted by Gasteiger charge is -2.41. The Bertz CT molecular complexity index is 811. The standard InChI is InChI=1S/C18H26BN3O8/c1-21(2)12(7-14(20)23)17(25)22-8-11(9-22)30-13-4-3-10(5-6-19(28)29)16(24)15(13)18(26)27/h3-4,11-12,24,28-29H,5-9H2,1-2H3,(H2,20,23)(H,26,27)/t12-/m1/s1. The molecule has 0 bridgehead atoms. The average Bonchev–Trinajstić information content (AvgIpc) is 2.60. The second-order valence-electron chi connectivity index (χ2n) is 7.40. The van der Waals surface area contributed by atoms with Gasteiger partial charge in [0.15, 0.2) is 0 Å². The summed E-state index contributed by atoms with van der Waals surface area (Å²) in [6, 6.07) is 2.15. The number of rotatable bonds is 10. The zero-order valence-corrected chi connectivity index (χ0v) is 16.8. The number of primary amides is 1. The molecule has 1 fully saturated rings. The number of likely N-dealkylation sites (N-methyl/N-ethyl adjacent to an activating group) is 1. The number of nitrogens with zero attached hydrogens (tertiary/aromatic N) is 2. The first-order valence-corrected chi connectivity index (χ1v) is 9.35. The van der Waals surface area contributed by atoms with Gasteiger partial charge in [-0.05, 0) is 38.5 Å². The molecule has 1 saturated heterocycles. The molecule has 0 aromatic heterocycles. The van der Waals surface area contributed by atoms with Gasteiger partial charge in [-0.15, -0.1) is 0 Å². The summed E-state index contributed by atoms with van der Waals surface area (Å²) in [7, 11) is 1.75. The predicted molar refractivity (Wildman–Crippen MR) is 106 cm³/mol. The molecular formula is C18H26BN3O8. The van der Waals surface area contributed by atoms with Crippen molar-refractivity contribution in [3.63, 3.8) is 0 Å². The lowest BCUT2D eigenvalue weighted by atomic mass is 9.82. The summed E-state index contributed by atoms with van der Waals surface area (Å²) in [6.07, 6.45) is -0.589. The number of aryl methyl sites for hydroxylation is 1. The van der Waals surface area contributed by atoms with Gasteiger partial charge < -0.3 is 35.6 Å². The van der Waals surface area contributed by atoms with Crippen molar-refractivity contribution in [2.45, 2.75) is 31.3 Å². The first-order chi connectivity index (χ1) is 14.0. The largest absolute Gasteiger partial charge is 0.507 e. The van der Waals surface area contributed by atoms with E-state index < -0.39 is 42.5 Å². The Hall–Kier alpha value is -2.83. The van der Waals surface area contributed by atoms with E-state index in [9.17, 15) is 24.6 Å². The molecule has 0 unspecified atom stereocenters. The second-order valence-corrected chi connectivity index (χ2v) is 7.40. The third-order valence-electron chi connectivity index (χ3n) is 4.87. The van der Waals surface area contributed by atoms with Crippen molar-refractivity contribution in [1.29, 1.82) is 0 Å². The molecule has 1 heterocycles. The molecule has 30 heavy (non-hydrogen) atoms. The van der Waals surface area contributed by atoms with Gasteiger partial charge in [0, 0.05) is 0 Å². The Morgan fingerprint density at radius 3 is 2.43 bits per heavy atom. The van der Waals surface area contributed by atoms with Crippen molar-refractivity contribution >= 4 is 24.9 Å². The molecule has 12 heteroatoms. The van der Waals surface area contributed by atoms with E-state index >= 15 is 0 Å². The third-order valence-corrected chi connectivity index (χ3v) is 4.87. The molecule has 164 valence electrons. The van der Waals surface area contributed by atoms with Crippen LogP contribution in [0, 0.1) is 0 Å². The van der Waals surface area contributed by atoms with E-state index in [1.165, 1.54) is 17.0 Å². The summed E-state index contributed by atoms with van der Waals surface area (Å²) in [4.78, 5) is 38.4. The number of hydrogen-bond donors (Lipinski definition) is 5. The van der Waals surface area contributed by atoms with Gasteiger partial charge >= 0.3 is 13.1 Å². The number of aromatic carboxylic acids is 1. The molecule has 11 nitrogen and oxygen atoms in total. The summed E-state index contributed by atoms with van der Waals surface area (Å²) < 4.78 is 5.67. The maximum atomic E-state index is 12.5. The van der Waals surface area contributed by atoms with E-state index in [0.29, 0.717) is 0 Å². The lowest BCUT2D eigenvalue weighted by Crippen LogP contribution is -2.60. The number of carboxylic acid groups (broad SMARTS) is 1. The maximum absolute atomic E-state index is 12.5. The number of likely N-dealkylation sites (tertiary alicyclic amines) is 1. The van der Waals surface area contributed by atoms with Crippen LogP contribution in [0.4, 0.5) is 0 Å².